The smallest absolute Gasteiger partial charge is 0.228 e. The first-order valence-electron chi connectivity index (χ1n) is 11.0. The van der Waals surface area contributed by atoms with E-state index in [2.05, 4.69) is 57.2 Å². The molecular formula is C25H30N2O2S2. The highest BCUT2D eigenvalue weighted by Crippen LogP contribution is 2.33. The van der Waals surface area contributed by atoms with Gasteiger partial charge in [-0.2, -0.15) is 0 Å². The highest BCUT2D eigenvalue weighted by molar-refractivity contribution is 7.99. The number of benzene rings is 2. The molecule has 1 aliphatic rings. The normalized spacial score (nSPS) is 16.2. The molecule has 4 nitrogen and oxygen atoms in total. The molecule has 0 bridgehead atoms. The predicted octanol–water partition coefficient (Wildman–Crippen LogP) is 6.31. The molecule has 2 heterocycles. The van der Waals surface area contributed by atoms with E-state index >= 15 is 0 Å². The third-order valence-electron chi connectivity index (χ3n) is 5.58. The molecule has 2 aromatic carbocycles. The molecule has 1 atom stereocenters. The predicted molar refractivity (Wildman–Crippen MR) is 132 cm³/mol. The number of rotatable bonds is 8. The lowest BCUT2D eigenvalue weighted by atomic mass is 10.1. The minimum absolute atomic E-state index is 0.112. The zero-order valence-corrected chi connectivity index (χ0v) is 20.2. The topological polar surface area (TPSA) is 42.4 Å². The van der Waals surface area contributed by atoms with E-state index in [4.69, 9.17) is 9.72 Å². The molecule has 1 saturated heterocycles. The lowest BCUT2D eigenvalue weighted by molar-refractivity contribution is -0.119. The van der Waals surface area contributed by atoms with Crippen LogP contribution in [0, 0.1) is 20.8 Å². The van der Waals surface area contributed by atoms with Crippen LogP contribution in [0.5, 0.6) is 0 Å². The van der Waals surface area contributed by atoms with Crippen molar-refractivity contribution in [3.05, 3.63) is 53.1 Å². The summed E-state index contributed by atoms with van der Waals surface area (Å²) < 4.78 is 7.01. The van der Waals surface area contributed by atoms with E-state index in [9.17, 15) is 4.79 Å². The van der Waals surface area contributed by atoms with E-state index in [0.717, 1.165) is 42.3 Å². The summed E-state index contributed by atoms with van der Waals surface area (Å²) in [6.45, 7) is 7.69. The van der Waals surface area contributed by atoms with E-state index in [1.165, 1.54) is 26.3 Å². The lowest BCUT2D eigenvalue weighted by Gasteiger charge is -2.23. The molecule has 0 radical (unpaired) electrons. The Balaban J connectivity index is 1.44. The third kappa shape index (κ3) is 5.68. The van der Waals surface area contributed by atoms with E-state index in [1.54, 1.807) is 11.3 Å². The zero-order chi connectivity index (χ0) is 21.8. The standard InChI is InChI=1S/C25H30N2O2S2/c1-17-8-10-21(11-9-17)30-13-5-7-23(28)27(16-20-6-4-12-29-20)25-26-22-15-18(2)14-19(3)24(22)31-25/h8-11,14-15,20H,4-7,12-13,16H2,1-3H3. The maximum absolute atomic E-state index is 13.2. The van der Waals surface area contributed by atoms with Crippen molar-refractivity contribution in [3.63, 3.8) is 0 Å². The van der Waals surface area contributed by atoms with Crippen molar-refractivity contribution in [1.29, 1.82) is 0 Å². The first-order chi connectivity index (χ1) is 15.0. The summed E-state index contributed by atoms with van der Waals surface area (Å²) in [6, 6.07) is 12.9. The second-order valence-electron chi connectivity index (χ2n) is 8.33. The molecule has 0 spiro atoms. The van der Waals surface area contributed by atoms with Crippen molar-refractivity contribution in [2.45, 2.75) is 57.5 Å². The lowest BCUT2D eigenvalue weighted by Crippen LogP contribution is -2.37. The van der Waals surface area contributed by atoms with Gasteiger partial charge in [0.05, 0.1) is 22.9 Å². The van der Waals surface area contributed by atoms with Gasteiger partial charge in [0.2, 0.25) is 5.91 Å². The monoisotopic (exact) mass is 454 g/mol. The Morgan fingerprint density at radius 1 is 1.19 bits per heavy atom. The van der Waals surface area contributed by atoms with Gasteiger partial charge < -0.3 is 4.74 Å². The SMILES string of the molecule is Cc1ccc(SCCCC(=O)N(CC2CCCO2)c2nc3cc(C)cc(C)c3s2)cc1. The van der Waals surface area contributed by atoms with Gasteiger partial charge >= 0.3 is 0 Å². The number of ether oxygens (including phenoxy) is 1. The fraction of sp³-hybridized carbons (Fsp3) is 0.440. The summed E-state index contributed by atoms with van der Waals surface area (Å²) in [7, 11) is 0. The van der Waals surface area contributed by atoms with Crippen LogP contribution in [0.2, 0.25) is 0 Å². The zero-order valence-electron chi connectivity index (χ0n) is 18.5. The quantitative estimate of drug-likeness (QED) is 0.296. The van der Waals surface area contributed by atoms with Crippen molar-refractivity contribution in [3.8, 4) is 0 Å². The number of hydrogen-bond donors (Lipinski definition) is 0. The van der Waals surface area contributed by atoms with Crippen LogP contribution in [-0.4, -0.2) is 35.9 Å². The number of thiazole rings is 1. The Morgan fingerprint density at radius 2 is 2.00 bits per heavy atom. The van der Waals surface area contributed by atoms with E-state index in [0.29, 0.717) is 13.0 Å². The van der Waals surface area contributed by atoms with Crippen LogP contribution in [0.15, 0.2) is 41.3 Å². The van der Waals surface area contributed by atoms with Crippen LogP contribution in [0.3, 0.4) is 0 Å². The average molecular weight is 455 g/mol. The molecule has 164 valence electrons. The number of amides is 1. The summed E-state index contributed by atoms with van der Waals surface area (Å²) >= 11 is 3.43. The molecule has 1 aromatic heterocycles. The maximum Gasteiger partial charge on any atom is 0.228 e. The Hall–Kier alpha value is -1.89. The number of hydrogen-bond acceptors (Lipinski definition) is 5. The number of fused-ring (bicyclic) bond motifs is 1. The number of nitrogens with zero attached hydrogens (tertiary/aromatic N) is 2. The molecule has 31 heavy (non-hydrogen) atoms. The minimum atomic E-state index is 0.112. The molecule has 1 amide bonds. The summed E-state index contributed by atoms with van der Waals surface area (Å²) in [5.41, 5.74) is 4.67. The Kier molecular flexibility index (Phi) is 7.31. The van der Waals surface area contributed by atoms with Gasteiger partial charge in [-0.3, -0.25) is 9.69 Å². The van der Waals surface area contributed by atoms with E-state index < -0.39 is 0 Å². The minimum Gasteiger partial charge on any atom is -0.376 e. The fourth-order valence-corrected chi connectivity index (χ4v) is 5.84. The highest BCUT2D eigenvalue weighted by atomic mass is 32.2. The number of anilines is 1. The van der Waals surface area contributed by atoms with Crippen molar-refractivity contribution in [2.75, 3.05) is 23.8 Å². The van der Waals surface area contributed by atoms with Crippen molar-refractivity contribution in [2.24, 2.45) is 0 Å². The number of carbonyl (C=O) groups excluding carboxylic acids is 1. The number of thioether (sulfide) groups is 1. The molecule has 1 aliphatic heterocycles. The van der Waals surface area contributed by atoms with Gasteiger partial charge in [0.15, 0.2) is 5.13 Å². The van der Waals surface area contributed by atoms with Gasteiger partial charge in [0, 0.05) is 17.9 Å². The molecular weight excluding hydrogens is 424 g/mol. The largest absolute Gasteiger partial charge is 0.376 e. The Morgan fingerprint density at radius 3 is 2.74 bits per heavy atom. The highest BCUT2D eigenvalue weighted by Gasteiger charge is 2.26. The van der Waals surface area contributed by atoms with Gasteiger partial charge in [-0.1, -0.05) is 35.1 Å². The molecule has 1 fully saturated rings. The fourth-order valence-electron chi connectivity index (χ4n) is 3.94. The maximum atomic E-state index is 13.2. The second kappa shape index (κ2) is 10.2. The molecule has 0 N–H and O–H groups in total. The molecule has 0 saturated carbocycles. The van der Waals surface area contributed by atoms with Crippen LogP contribution in [0.25, 0.3) is 10.2 Å². The Labute approximate surface area is 193 Å². The van der Waals surface area contributed by atoms with Gasteiger partial charge in [0.1, 0.15) is 0 Å². The summed E-state index contributed by atoms with van der Waals surface area (Å²) in [5.74, 6) is 1.08. The molecule has 1 unspecified atom stereocenters. The molecule has 0 aliphatic carbocycles. The van der Waals surface area contributed by atoms with Crippen LogP contribution in [-0.2, 0) is 9.53 Å². The van der Waals surface area contributed by atoms with Gasteiger partial charge in [-0.15, -0.1) is 11.8 Å². The van der Waals surface area contributed by atoms with Crippen LogP contribution in [0.1, 0.15) is 42.4 Å². The first-order valence-corrected chi connectivity index (χ1v) is 12.8. The van der Waals surface area contributed by atoms with E-state index in [1.807, 2.05) is 16.7 Å². The summed E-state index contributed by atoms with van der Waals surface area (Å²) in [6.07, 6.45) is 3.57. The van der Waals surface area contributed by atoms with Crippen molar-refractivity contribution < 1.29 is 9.53 Å². The van der Waals surface area contributed by atoms with Gasteiger partial charge in [-0.25, -0.2) is 4.98 Å². The second-order valence-corrected chi connectivity index (χ2v) is 10.5. The number of carbonyl (C=O) groups is 1. The van der Waals surface area contributed by atoms with Crippen LogP contribution in [0.4, 0.5) is 5.13 Å². The molecule has 4 rings (SSSR count). The first kappa shape index (κ1) is 22.3. The molecule has 3 aromatic rings. The number of aromatic nitrogens is 1. The van der Waals surface area contributed by atoms with Crippen LogP contribution < -0.4 is 4.90 Å². The average Bonchev–Trinajstić information content (AvgIpc) is 3.40. The third-order valence-corrected chi connectivity index (χ3v) is 7.90. The van der Waals surface area contributed by atoms with Crippen molar-refractivity contribution >= 4 is 44.4 Å². The van der Waals surface area contributed by atoms with Gasteiger partial charge in [0.25, 0.3) is 0 Å². The molecule has 6 heteroatoms. The summed E-state index contributed by atoms with van der Waals surface area (Å²) in [5, 5.41) is 0.801. The van der Waals surface area contributed by atoms with E-state index in [-0.39, 0.29) is 12.0 Å². The van der Waals surface area contributed by atoms with Crippen LogP contribution >= 0.6 is 23.1 Å². The van der Waals surface area contributed by atoms with Gasteiger partial charge in [-0.05, 0) is 75.1 Å². The number of aryl methyl sites for hydroxylation is 3. The van der Waals surface area contributed by atoms with Crippen molar-refractivity contribution in [1.82, 2.24) is 4.98 Å². The summed E-state index contributed by atoms with van der Waals surface area (Å²) in [4.78, 5) is 21.2. The Bertz CT molecular complexity index is 1040.